The second-order valence-electron chi connectivity index (χ2n) is 5.34. The summed E-state index contributed by atoms with van der Waals surface area (Å²) in [4.78, 5) is 4.19. The Morgan fingerprint density at radius 2 is 1.95 bits per heavy atom. The first kappa shape index (κ1) is 16.3. The van der Waals surface area contributed by atoms with Gasteiger partial charge in [0.1, 0.15) is 16.5 Å². The Hall–Kier alpha value is -2.08. The smallest absolute Gasteiger partial charge is 0.266 e. The molecule has 2 rings (SSSR count). The fourth-order valence-corrected chi connectivity index (χ4v) is 3.32. The molecule has 0 fully saturated rings. The van der Waals surface area contributed by atoms with E-state index in [1.165, 1.54) is 7.11 Å². The van der Waals surface area contributed by atoms with E-state index in [1.54, 1.807) is 37.4 Å². The van der Waals surface area contributed by atoms with Crippen molar-refractivity contribution in [2.45, 2.75) is 31.6 Å². The largest absolute Gasteiger partial charge is 0.495 e. The van der Waals surface area contributed by atoms with Crippen molar-refractivity contribution in [2.75, 3.05) is 11.8 Å². The van der Waals surface area contributed by atoms with Crippen molar-refractivity contribution in [3.63, 3.8) is 0 Å². The monoisotopic (exact) mass is 320 g/mol. The van der Waals surface area contributed by atoms with Gasteiger partial charge in [-0.3, -0.25) is 4.72 Å². The summed E-state index contributed by atoms with van der Waals surface area (Å²) in [6.07, 6.45) is 1.55. The van der Waals surface area contributed by atoms with Gasteiger partial charge in [0.05, 0.1) is 7.11 Å². The Bertz CT molecular complexity index is 771. The second kappa shape index (κ2) is 6.36. The van der Waals surface area contributed by atoms with Crippen LogP contribution in [0.3, 0.4) is 0 Å². The molecular weight excluding hydrogens is 300 g/mol. The van der Waals surface area contributed by atoms with Gasteiger partial charge in [0.2, 0.25) is 0 Å². The molecule has 1 aromatic carbocycles. The topological polar surface area (TPSA) is 68.3 Å². The molecule has 0 bridgehead atoms. The maximum atomic E-state index is 12.7. The van der Waals surface area contributed by atoms with Crippen LogP contribution in [0.1, 0.15) is 30.9 Å². The highest BCUT2D eigenvalue weighted by Crippen LogP contribution is 2.29. The van der Waals surface area contributed by atoms with E-state index in [0.29, 0.717) is 11.6 Å². The Morgan fingerprint density at radius 1 is 1.23 bits per heavy atom. The van der Waals surface area contributed by atoms with Gasteiger partial charge in [-0.25, -0.2) is 13.4 Å². The predicted octanol–water partition coefficient (Wildman–Crippen LogP) is 3.32. The molecule has 0 aliphatic heterocycles. The first-order valence-corrected chi connectivity index (χ1v) is 8.46. The predicted molar refractivity (Wildman–Crippen MR) is 86.9 cm³/mol. The zero-order chi connectivity index (χ0) is 16.3. The normalized spacial score (nSPS) is 11.5. The molecule has 0 amide bonds. The highest BCUT2D eigenvalue weighted by Gasteiger charge is 2.22. The number of pyridine rings is 1. The Balaban J connectivity index is 2.49. The molecule has 0 unspecified atom stereocenters. The first-order chi connectivity index (χ1) is 10.3. The Labute approximate surface area is 131 Å². The third-order valence-electron chi connectivity index (χ3n) is 3.38. The summed E-state index contributed by atoms with van der Waals surface area (Å²) in [5.74, 6) is 0.849. The van der Waals surface area contributed by atoms with E-state index < -0.39 is 10.0 Å². The van der Waals surface area contributed by atoms with Gasteiger partial charge < -0.3 is 4.74 Å². The summed E-state index contributed by atoms with van der Waals surface area (Å²) in [6, 6.07) is 8.74. The Kier molecular flexibility index (Phi) is 4.71. The summed E-state index contributed by atoms with van der Waals surface area (Å²) in [5.41, 5.74) is 1.68. The zero-order valence-electron chi connectivity index (χ0n) is 13.1. The molecule has 0 aliphatic carbocycles. The van der Waals surface area contributed by atoms with Gasteiger partial charge in [-0.15, -0.1) is 0 Å². The van der Waals surface area contributed by atoms with Gasteiger partial charge in [0, 0.05) is 6.20 Å². The van der Waals surface area contributed by atoms with Crippen LogP contribution in [0.5, 0.6) is 5.75 Å². The van der Waals surface area contributed by atoms with Crippen LogP contribution in [0.15, 0.2) is 41.4 Å². The lowest BCUT2D eigenvalue weighted by Gasteiger charge is -2.14. The van der Waals surface area contributed by atoms with Gasteiger partial charge in [-0.2, -0.15) is 0 Å². The molecular formula is C16H20N2O3S. The van der Waals surface area contributed by atoms with Gasteiger partial charge in [0.25, 0.3) is 10.0 Å². The van der Waals surface area contributed by atoms with E-state index in [9.17, 15) is 8.42 Å². The lowest BCUT2D eigenvalue weighted by Crippen LogP contribution is -2.16. The summed E-state index contributed by atoms with van der Waals surface area (Å²) in [5, 5.41) is 0. The van der Waals surface area contributed by atoms with Crippen molar-refractivity contribution < 1.29 is 13.2 Å². The van der Waals surface area contributed by atoms with Crippen LogP contribution in [-0.2, 0) is 10.0 Å². The number of sulfonamides is 1. The van der Waals surface area contributed by atoms with Crippen molar-refractivity contribution in [2.24, 2.45) is 0 Å². The molecule has 5 nitrogen and oxygen atoms in total. The highest BCUT2D eigenvalue weighted by molar-refractivity contribution is 7.92. The third kappa shape index (κ3) is 3.39. The molecule has 22 heavy (non-hydrogen) atoms. The van der Waals surface area contributed by atoms with Crippen LogP contribution >= 0.6 is 0 Å². The molecule has 0 saturated heterocycles. The third-order valence-corrected chi connectivity index (χ3v) is 4.74. The second-order valence-corrected chi connectivity index (χ2v) is 6.99. The fourth-order valence-electron chi connectivity index (χ4n) is 2.04. The molecule has 2 aromatic rings. The number of anilines is 1. The van der Waals surface area contributed by atoms with E-state index in [2.05, 4.69) is 9.71 Å². The van der Waals surface area contributed by atoms with E-state index in [0.717, 1.165) is 11.1 Å². The van der Waals surface area contributed by atoms with Gasteiger partial charge in [0.15, 0.2) is 0 Å². The number of rotatable bonds is 5. The fraction of sp³-hybridized carbons (Fsp3) is 0.312. The molecule has 0 atom stereocenters. The van der Waals surface area contributed by atoms with Crippen molar-refractivity contribution in [3.05, 3.63) is 47.7 Å². The van der Waals surface area contributed by atoms with Gasteiger partial charge in [-0.05, 0) is 42.2 Å². The molecule has 6 heteroatoms. The minimum Gasteiger partial charge on any atom is -0.495 e. The van der Waals surface area contributed by atoms with Crippen LogP contribution in [-0.4, -0.2) is 20.5 Å². The van der Waals surface area contributed by atoms with Gasteiger partial charge >= 0.3 is 0 Å². The minimum absolute atomic E-state index is 0.117. The molecule has 1 aromatic heterocycles. The lowest BCUT2D eigenvalue weighted by molar-refractivity contribution is 0.402. The number of nitrogens with zero attached hydrogens (tertiary/aromatic N) is 1. The number of aryl methyl sites for hydroxylation is 1. The number of ether oxygens (including phenoxy) is 1. The first-order valence-electron chi connectivity index (χ1n) is 6.97. The standard InChI is InChI=1S/C16H20N2O3S/c1-11(2)13-7-8-14(21-4)15(10-13)22(19,20)18-16-12(3)6-5-9-17-16/h5-11H,1-4H3,(H,17,18). The molecule has 0 spiro atoms. The lowest BCUT2D eigenvalue weighted by atomic mass is 10.0. The molecule has 1 N–H and O–H groups in total. The average Bonchev–Trinajstić information content (AvgIpc) is 2.48. The molecule has 0 aliphatic rings. The summed E-state index contributed by atoms with van der Waals surface area (Å²) < 4.78 is 33.1. The minimum atomic E-state index is -3.77. The SMILES string of the molecule is COc1ccc(C(C)C)cc1S(=O)(=O)Nc1ncccc1C. The van der Waals surface area contributed by atoms with E-state index in [4.69, 9.17) is 4.74 Å². The maximum absolute atomic E-state index is 12.7. The molecule has 0 radical (unpaired) electrons. The summed E-state index contributed by atoms with van der Waals surface area (Å²) in [7, 11) is -2.32. The molecule has 118 valence electrons. The summed E-state index contributed by atoms with van der Waals surface area (Å²) in [6.45, 7) is 5.82. The number of nitrogens with one attached hydrogen (secondary N) is 1. The number of hydrogen-bond donors (Lipinski definition) is 1. The van der Waals surface area contributed by atoms with Crippen LogP contribution in [0.2, 0.25) is 0 Å². The van der Waals surface area contributed by atoms with Crippen molar-refractivity contribution in [1.29, 1.82) is 0 Å². The number of hydrogen-bond acceptors (Lipinski definition) is 4. The Morgan fingerprint density at radius 3 is 2.55 bits per heavy atom. The highest BCUT2D eigenvalue weighted by atomic mass is 32.2. The summed E-state index contributed by atoms with van der Waals surface area (Å²) >= 11 is 0. The maximum Gasteiger partial charge on any atom is 0.266 e. The van der Waals surface area contributed by atoms with E-state index >= 15 is 0 Å². The number of methoxy groups -OCH3 is 1. The number of benzene rings is 1. The quantitative estimate of drug-likeness (QED) is 0.917. The van der Waals surface area contributed by atoms with Crippen molar-refractivity contribution in [3.8, 4) is 5.75 Å². The van der Waals surface area contributed by atoms with E-state index in [1.807, 2.05) is 19.9 Å². The zero-order valence-corrected chi connectivity index (χ0v) is 13.9. The number of aromatic nitrogens is 1. The van der Waals surface area contributed by atoms with Crippen LogP contribution in [0, 0.1) is 6.92 Å². The van der Waals surface area contributed by atoms with Crippen molar-refractivity contribution in [1.82, 2.24) is 4.98 Å². The molecule has 1 heterocycles. The van der Waals surface area contributed by atoms with Crippen LogP contribution in [0.4, 0.5) is 5.82 Å². The average molecular weight is 320 g/mol. The van der Waals surface area contributed by atoms with Crippen molar-refractivity contribution >= 4 is 15.8 Å². The molecule has 0 saturated carbocycles. The van der Waals surface area contributed by atoms with Crippen LogP contribution < -0.4 is 9.46 Å². The van der Waals surface area contributed by atoms with E-state index in [-0.39, 0.29) is 10.8 Å². The van der Waals surface area contributed by atoms with Gasteiger partial charge in [-0.1, -0.05) is 26.0 Å². The van der Waals surface area contributed by atoms with Crippen LogP contribution in [0.25, 0.3) is 0 Å².